The van der Waals surface area contributed by atoms with Gasteiger partial charge in [0.25, 0.3) is 5.91 Å². The molecule has 0 radical (unpaired) electrons. The lowest BCUT2D eigenvalue weighted by molar-refractivity contribution is -0.124. The summed E-state index contributed by atoms with van der Waals surface area (Å²) in [4.78, 5) is 28.7. The maximum absolute atomic E-state index is 12.2. The van der Waals surface area contributed by atoms with E-state index >= 15 is 0 Å². The average Bonchev–Trinajstić information content (AvgIpc) is 2.76. The van der Waals surface area contributed by atoms with Crippen LogP contribution in [0.2, 0.25) is 0 Å². The summed E-state index contributed by atoms with van der Waals surface area (Å²) in [5, 5.41) is 6.05. The quantitative estimate of drug-likeness (QED) is 0.517. The van der Waals surface area contributed by atoms with E-state index in [-0.39, 0.29) is 24.2 Å². The molecule has 1 amide bonds. The molecule has 1 N–H and O–H groups in total. The van der Waals surface area contributed by atoms with Crippen LogP contribution in [0.3, 0.4) is 0 Å². The van der Waals surface area contributed by atoms with E-state index < -0.39 is 5.97 Å². The van der Waals surface area contributed by atoms with Crippen molar-refractivity contribution in [2.75, 3.05) is 6.61 Å². The fourth-order valence-corrected chi connectivity index (χ4v) is 3.23. The molecule has 1 unspecified atom stereocenters. The van der Waals surface area contributed by atoms with Crippen molar-refractivity contribution in [3.05, 3.63) is 90.1 Å². The predicted octanol–water partition coefficient (Wildman–Crippen LogP) is 4.42. The maximum atomic E-state index is 12.2. The molecule has 144 valence electrons. The highest BCUT2D eigenvalue weighted by atomic mass is 16.5. The van der Waals surface area contributed by atoms with Gasteiger partial charge in [0.15, 0.2) is 6.61 Å². The first-order valence-corrected chi connectivity index (χ1v) is 9.41. The van der Waals surface area contributed by atoms with Crippen molar-refractivity contribution in [3.8, 4) is 0 Å². The third-order valence-corrected chi connectivity index (χ3v) is 4.79. The molecule has 4 rings (SSSR count). The van der Waals surface area contributed by atoms with Crippen LogP contribution in [0.5, 0.6) is 0 Å². The zero-order valence-electron chi connectivity index (χ0n) is 16.0. The van der Waals surface area contributed by atoms with Gasteiger partial charge in [-0.3, -0.25) is 4.79 Å². The summed E-state index contributed by atoms with van der Waals surface area (Å²) >= 11 is 0. The van der Waals surface area contributed by atoms with Crippen LogP contribution in [-0.2, 0) is 9.53 Å². The van der Waals surface area contributed by atoms with Crippen molar-refractivity contribution < 1.29 is 14.3 Å². The molecule has 0 bridgehead atoms. The Kier molecular flexibility index (Phi) is 5.20. The number of pyridine rings is 1. The van der Waals surface area contributed by atoms with E-state index in [1.807, 2.05) is 73.7 Å². The number of carbonyl (C=O) groups is 2. The number of hydrogen-bond donors (Lipinski definition) is 1. The third kappa shape index (κ3) is 4.24. The number of carbonyl (C=O) groups excluding carboxylic acids is 2. The van der Waals surface area contributed by atoms with Crippen LogP contribution in [0.1, 0.15) is 29.0 Å². The molecule has 1 atom stereocenters. The molecule has 0 spiro atoms. The van der Waals surface area contributed by atoms with Crippen LogP contribution in [-0.4, -0.2) is 23.5 Å². The molecule has 0 aliphatic carbocycles. The largest absolute Gasteiger partial charge is 0.451 e. The van der Waals surface area contributed by atoms with Gasteiger partial charge in [-0.1, -0.05) is 60.7 Å². The van der Waals surface area contributed by atoms with Gasteiger partial charge in [0.2, 0.25) is 0 Å². The second-order valence-electron chi connectivity index (χ2n) is 6.86. The van der Waals surface area contributed by atoms with Crippen molar-refractivity contribution in [1.29, 1.82) is 0 Å². The zero-order chi connectivity index (χ0) is 20.2. The minimum Gasteiger partial charge on any atom is -0.451 e. The summed E-state index contributed by atoms with van der Waals surface area (Å²) in [5.41, 5.74) is 1.87. The van der Waals surface area contributed by atoms with Crippen molar-refractivity contribution >= 4 is 33.6 Å². The molecule has 0 aliphatic heterocycles. The Morgan fingerprint density at radius 3 is 2.41 bits per heavy atom. The fourth-order valence-electron chi connectivity index (χ4n) is 3.23. The first-order valence-electron chi connectivity index (χ1n) is 9.41. The topological polar surface area (TPSA) is 68.3 Å². The smallest absolute Gasteiger partial charge is 0.357 e. The lowest BCUT2D eigenvalue weighted by Gasteiger charge is -2.15. The number of para-hydroxylation sites is 1. The predicted molar refractivity (Wildman–Crippen MR) is 113 cm³/mol. The summed E-state index contributed by atoms with van der Waals surface area (Å²) in [6.07, 6.45) is 0. The third-order valence-electron chi connectivity index (χ3n) is 4.79. The number of fused-ring (bicyclic) bond motifs is 2. The summed E-state index contributed by atoms with van der Waals surface area (Å²) in [7, 11) is 0. The highest BCUT2D eigenvalue weighted by molar-refractivity contribution is 5.92. The van der Waals surface area contributed by atoms with Crippen LogP contribution in [0.25, 0.3) is 21.7 Å². The minimum atomic E-state index is -0.621. The van der Waals surface area contributed by atoms with Gasteiger partial charge in [-0.05, 0) is 41.5 Å². The van der Waals surface area contributed by atoms with Gasteiger partial charge in [-0.25, -0.2) is 9.78 Å². The summed E-state index contributed by atoms with van der Waals surface area (Å²) < 4.78 is 5.13. The first-order chi connectivity index (χ1) is 14.1. The van der Waals surface area contributed by atoms with Gasteiger partial charge in [0.05, 0.1) is 11.6 Å². The molecule has 1 aromatic heterocycles. The van der Waals surface area contributed by atoms with Crippen LogP contribution >= 0.6 is 0 Å². The highest BCUT2D eigenvalue weighted by Gasteiger charge is 2.14. The minimum absolute atomic E-state index is 0.180. The molecular weight excluding hydrogens is 364 g/mol. The number of benzene rings is 3. The number of nitrogens with one attached hydrogen (secondary N) is 1. The molecule has 4 aromatic rings. The van der Waals surface area contributed by atoms with Gasteiger partial charge < -0.3 is 10.1 Å². The number of nitrogens with zero attached hydrogens (tertiary/aromatic N) is 1. The highest BCUT2D eigenvalue weighted by Crippen LogP contribution is 2.20. The van der Waals surface area contributed by atoms with Gasteiger partial charge in [0.1, 0.15) is 5.69 Å². The Hall–Kier alpha value is -3.73. The summed E-state index contributed by atoms with van der Waals surface area (Å²) in [5.74, 6) is -0.982. The van der Waals surface area contributed by atoms with Crippen molar-refractivity contribution in [3.63, 3.8) is 0 Å². The van der Waals surface area contributed by atoms with E-state index in [0.717, 1.165) is 21.7 Å². The van der Waals surface area contributed by atoms with Crippen LogP contribution < -0.4 is 5.32 Å². The molecule has 29 heavy (non-hydrogen) atoms. The standard InChI is InChI=1S/C24H20N2O3/c1-16(19-11-10-17-6-2-3-8-20(17)14-19)25-23(27)15-29-24(28)22-13-12-18-7-4-5-9-21(18)26-22/h2-14,16H,15H2,1H3,(H,25,27). The van der Waals surface area contributed by atoms with E-state index in [9.17, 15) is 9.59 Å². The van der Waals surface area contributed by atoms with E-state index in [1.54, 1.807) is 12.1 Å². The summed E-state index contributed by atoms with van der Waals surface area (Å²) in [6.45, 7) is 1.54. The Balaban J connectivity index is 1.36. The van der Waals surface area contributed by atoms with Gasteiger partial charge in [0, 0.05) is 5.39 Å². The molecule has 0 saturated heterocycles. The Morgan fingerprint density at radius 2 is 1.59 bits per heavy atom. The van der Waals surface area contributed by atoms with E-state index in [0.29, 0.717) is 5.52 Å². The number of amides is 1. The average molecular weight is 384 g/mol. The van der Waals surface area contributed by atoms with Crippen LogP contribution in [0, 0.1) is 0 Å². The molecule has 5 heteroatoms. The molecule has 5 nitrogen and oxygen atoms in total. The second kappa shape index (κ2) is 8.10. The summed E-state index contributed by atoms with van der Waals surface area (Å²) in [6, 6.07) is 24.8. The van der Waals surface area contributed by atoms with Crippen LogP contribution in [0.15, 0.2) is 78.9 Å². The van der Waals surface area contributed by atoms with Crippen molar-refractivity contribution in [2.45, 2.75) is 13.0 Å². The monoisotopic (exact) mass is 384 g/mol. The van der Waals surface area contributed by atoms with Gasteiger partial charge in [-0.2, -0.15) is 0 Å². The maximum Gasteiger partial charge on any atom is 0.357 e. The first kappa shape index (κ1) is 18.6. The Morgan fingerprint density at radius 1 is 0.897 bits per heavy atom. The Labute approximate surface area is 168 Å². The second-order valence-corrected chi connectivity index (χ2v) is 6.86. The van der Waals surface area contributed by atoms with E-state index in [4.69, 9.17) is 4.74 Å². The molecule has 0 saturated carbocycles. The molecule has 1 heterocycles. The fraction of sp³-hybridized carbons (Fsp3) is 0.125. The number of ether oxygens (including phenoxy) is 1. The molecule has 0 fully saturated rings. The lowest BCUT2D eigenvalue weighted by Crippen LogP contribution is -2.31. The number of hydrogen-bond acceptors (Lipinski definition) is 4. The molecule has 3 aromatic carbocycles. The SMILES string of the molecule is CC(NC(=O)COC(=O)c1ccc2ccccc2n1)c1ccc2ccccc2c1. The van der Waals surface area contributed by atoms with Gasteiger partial charge in [-0.15, -0.1) is 0 Å². The van der Waals surface area contributed by atoms with E-state index in [1.165, 1.54) is 0 Å². The number of rotatable bonds is 5. The number of aromatic nitrogens is 1. The number of esters is 1. The normalized spacial score (nSPS) is 11.9. The zero-order valence-corrected chi connectivity index (χ0v) is 16.0. The molecule has 0 aliphatic rings. The molecular formula is C24H20N2O3. The Bertz CT molecular complexity index is 1200. The van der Waals surface area contributed by atoms with Crippen molar-refractivity contribution in [1.82, 2.24) is 10.3 Å². The van der Waals surface area contributed by atoms with Gasteiger partial charge >= 0.3 is 5.97 Å². The van der Waals surface area contributed by atoms with Crippen LogP contribution in [0.4, 0.5) is 0 Å². The lowest BCUT2D eigenvalue weighted by atomic mass is 10.0. The van der Waals surface area contributed by atoms with Crippen molar-refractivity contribution in [2.24, 2.45) is 0 Å². The van der Waals surface area contributed by atoms with E-state index in [2.05, 4.69) is 10.3 Å².